The molecule has 1 fully saturated rings. The van der Waals surface area contributed by atoms with Crippen LogP contribution in [0.15, 0.2) is 36.7 Å². The van der Waals surface area contributed by atoms with Crippen molar-refractivity contribution in [2.75, 3.05) is 5.32 Å². The van der Waals surface area contributed by atoms with Crippen molar-refractivity contribution in [2.24, 2.45) is 5.73 Å². The first-order valence-corrected chi connectivity index (χ1v) is 10.7. The van der Waals surface area contributed by atoms with E-state index in [1.807, 2.05) is 13.0 Å². The summed E-state index contributed by atoms with van der Waals surface area (Å²) in [7, 11) is 0. The Morgan fingerprint density at radius 3 is 2.65 bits per heavy atom. The average molecular weight is 450 g/mol. The summed E-state index contributed by atoms with van der Waals surface area (Å²) in [5, 5.41) is 14.5. The lowest BCUT2D eigenvalue weighted by Gasteiger charge is -2.32. The highest BCUT2D eigenvalue weighted by Gasteiger charge is 2.36. The molecule has 0 spiro atoms. The molecule has 6 nitrogen and oxygen atoms in total. The summed E-state index contributed by atoms with van der Waals surface area (Å²) in [5.41, 5.74) is 6.29. The molecular weight excluding hydrogens is 427 g/mol. The Hall–Kier alpha value is -2.56. The highest BCUT2D eigenvalue weighted by Crippen LogP contribution is 2.41. The number of nitrogens with two attached hydrogens (primary N) is 1. The first-order valence-electron chi connectivity index (χ1n) is 9.86. The molecule has 10 heteroatoms. The van der Waals surface area contributed by atoms with Crippen molar-refractivity contribution in [3.63, 3.8) is 0 Å². The molecule has 164 valence electrons. The average Bonchev–Trinajstić information content (AvgIpc) is 3.21. The van der Waals surface area contributed by atoms with E-state index in [9.17, 15) is 18.3 Å². The Bertz CT molecular complexity index is 1080. The Morgan fingerprint density at radius 2 is 1.94 bits per heavy atom. The second-order valence-corrected chi connectivity index (χ2v) is 8.91. The molecule has 4 N–H and O–H groups in total. The Labute approximate surface area is 181 Å². The van der Waals surface area contributed by atoms with Crippen molar-refractivity contribution in [1.29, 1.82) is 0 Å². The number of halogens is 3. The summed E-state index contributed by atoms with van der Waals surface area (Å²) in [5.74, 6) is -0.135. The maximum atomic E-state index is 12.9. The molecule has 1 aliphatic rings. The summed E-state index contributed by atoms with van der Waals surface area (Å²) in [6.45, 7) is 1.89. The monoisotopic (exact) mass is 449 g/mol. The normalized spacial score (nSPS) is 21.8. The minimum absolute atomic E-state index is 0.114. The van der Waals surface area contributed by atoms with Crippen LogP contribution in [0.1, 0.15) is 41.9 Å². The number of rotatable bonds is 4. The van der Waals surface area contributed by atoms with Crippen LogP contribution in [0.25, 0.3) is 10.4 Å². The summed E-state index contributed by atoms with van der Waals surface area (Å²) in [4.78, 5) is 12.7. The molecule has 0 aliphatic heterocycles. The zero-order valence-corrected chi connectivity index (χ0v) is 17.6. The van der Waals surface area contributed by atoms with Gasteiger partial charge in [0.15, 0.2) is 0 Å². The van der Waals surface area contributed by atoms with Crippen molar-refractivity contribution >= 4 is 23.0 Å². The number of aryl methyl sites for hydroxylation is 1. The van der Waals surface area contributed by atoms with Gasteiger partial charge in [0.2, 0.25) is 5.95 Å². The fraction of sp³-hybridized carbons (Fsp3) is 0.381. The van der Waals surface area contributed by atoms with Gasteiger partial charge >= 0.3 is 6.18 Å². The summed E-state index contributed by atoms with van der Waals surface area (Å²) in [6, 6.07) is 6.49. The van der Waals surface area contributed by atoms with E-state index in [1.54, 1.807) is 18.3 Å². The zero-order chi connectivity index (χ0) is 22.2. The second kappa shape index (κ2) is 8.18. The van der Waals surface area contributed by atoms with Gasteiger partial charge < -0.3 is 16.2 Å². The Kier molecular flexibility index (Phi) is 5.71. The third kappa shape index (κ3) is 4.86. The van der Waals surface area contributed by atoms with Crippen LogP contribution in [-0.2, 0) is 11.8 Å². The lowest BCUT2D eigenvalue weighted by atomic mass is 9.83. The number of aliphatic hydroxyl groups is 1. The van der Waals surface area contributed by atoms with Crippen LogP contribution in [0.5, 0.6) is 0 Å². The van der Waals surface area contributed by atoms with Gasteiger partial charge in [-0.15, -0.1) is 11.3 Å². The predicted octanol–water partition coefficient (Wildman–Crippen LogP) is 4.76. The van der Waals surface area contributed by atoms with Gasteiger partial charge in [0.25, 0.3) is 0 Å². The van der Waals surface area contributed by atoms with E-state index in [1.165, 1.54) is 11.3 Å². The molecule has 0 atom stereocenters. The molecule has 0 radical (unpaired) electrons. The van der Waals surface area contributed by atoms with Crippen molar-refractivity contribution < 1.29 is 18.3 Å². The number of nitrogens with zero attached hydrogens (tertiary/aromatic N) is 3. The van der Waals surface area contributed by atoms with E-state index < -0.39 is 17.5 Å². The molecule has 0 unspecified atom stereocenters. The summed E-state index contributed by atoms with van der Waals surface area (Å²) < 4.78 is 38.7. The number of alkyl halides is 3. The molecule has 2 aromatic heterocycles. The predicted molar refractivity (Wildman–Crippen MR) is 113 cm³/mol. The third-order valence-electron chi connectivity index (χ3n) is 5.33. The molecule has 0 saturated heterocycles. The number of nitrogens with one attached hydrogen (secondary N) is 1. The molecule has 31 heavy (non-hydrogen) atoms. The third-order valence-corrected chi connectivity index (χ3v) is 6.56. The van der Waals surface area contributed by atoms with E-state index >= 15 is 0 Å². The van der Waals surface area contributed by atoms with Crippen molar-refractivity contribution in [1.82, 2.24) is 15.0 Å². The molecule has 3 aromatic rings. The molecule has 1 aliphatic carbocycles. The number of hydrogen-bond acceptors (Lipinski definition) is 7. The van der Waals surface area contributed by atoms with Crippen LogP contribution < -0.4 is 11.1 Å². The molecule has 1 aromatic carbocycles. The van der Waals surface area contributed by atoms with Gasteiger partial charge in [0.05, 0.1) is 4.88 Å². The maximum absolute atomic E-state index is 12.9. The van der Waals surface area contributed by atoms with Crippen LogP contribution >= 0.6 is 11.3 Å². The van der Waals surface area contributed by atoms with Gasteiger partial charge in [0.1, 0.15) is 16.3 Å². The van der Waals surface area contributed by atoms with Gasteiger partial charge in [0, 0.05) is 24.1 Å². The van der Waals surface area contributed by atoms with Crippen LogP contribution in [0, 0.1) is 6.92 Å². The van der Waals surface area contributed by atoms with Gasteiger partial charge in [-0.25, -0.2) is 15.0 Å². The van der Waals surface area contributed by atoms with Crippen LogP contribution in [0.2, 0.25) is 0 Å². The number of benzene rings is 1. The van der Waals surface area contributed by atoms with E-state index in [2.05, 4.69) is 20.3 Å². The standard InChI is InChI=1S/C21H22F3N5OS/c1-12-8-13(16-11-27-18(31-16)20(30)5-2-14(25)3-6-20)10-15(9-12)28-19-26-7-4-17(29-19)21(22,23)24/h4,7-11,14,30H,2-3,5-6,25H2,1H3,(H,26,28,29)/t14-,20-. The largest absolute Gasteiger partial charge is 0.433 e. The highest BCUT2D eigenvalue weighted by molar-refractivity contribution is 7.15. The molecule has 4 rings (SSSR count). The fourth-order valence-electron chi connectivity index (χ4n) is 3.66. The first-order chi connectivity index (χ1) is 14.6. The number of thiazole rings is 1. The second-order valence-electron chi connectivity index (χ2n) is 7.87. The van der Waals surface area contributed by atoms with Crippen LogP contribution in [-0.4, -0.2) is 26.1 Å². The minimum Gasteiger partial charge on any atom is -0.383 e. The fourth-order valence-corrected chi connectivity index (χ4v) is 4.71. The number of aromatic nitrogens is 3. The van der Waals surface area contributed by atoms with Crippen molar-refractivity contribution in [3.05, 3.63) is 52.9 Å². The van der Waals surface area contributed by atoms with E-state index in [0.717, 1.165) is 41.1 Å². The van der Waals surface area contributed by atoms with Gasteiger partial charge in [-0.3, -0.25) is 0 Å². The van der Waals surface area contributed by atoms with Crippen LogP contribution in [0.4, 0.5) is 24.8 Å². The summed E-state index contributed by atoms with van der Waals surface area (Å²) in [6.07, 6.45) is 0.900. The molecule has 2 heterocycles. The van der Waals surface area contributed by atoms with E-state index in [-0.39, 0.29) is 12.0 Å². The minimum atomic E-state index is -4.54. The lowest BCUT2D eigenvalue weighted by molar-refractivity contribution is -0.141. The van der Waals surface area contributed by atoms with Gasteiger partial charge in [-0.2, -0.15) is 13.2 Å². The van der Waals surface area contributed by atoms with Crippen molar-refractivity contribution in [3.8, 4) is 10.4 Å². The maximum Gasteiger partial charge on any atom is 0.433 e. The number of anilines is 2. The summed E-state index contributed by atoms with van der Waals surface area (Å²) >= 11 is 1.41. The first kappa shape index (κ1) is 21.7. The lowest BCUT2D eigenvalue weighted by Crippen LogP contribution is -2.36. The molecular formula is C21H22F3N5OS. The number of hydrogen-bond donors (Lipinski definition) is 3. The van der Waals surface area contributed by atoms with Crippen molar-refractivity contribution in [2.45, 2.75) is 50.4 Å². The SMILES string of the molecule is Cc1cc(Nc2nccc(C(F)(F)F)n2)cc(-c2cnc([C@]3(O)CC[C@H](N)CC3)s2)c1. The van der Waals surface area contributed by atoms with Gasteiger partial charge in [-0.05, 0) is 61.9 Å². The quantitative estimate of drug-likeness (QED) is 0.531. The Morgan fingerprint density at radius 1 is 1.19 bits per heavy atom. The molecule has 0 bridgehead atoms. The highest BCUT2D eigenvalue weighted by atomic mass is 32.1. The van der Waals surface area contributed by atoms with E-state index in [4.69, 9.17) is 5.73 Å². The zero-order valence-electron chi connectivity index (χ0n) is 16.8. The van der Waals surface area contributed by atoms with Crippen LogP contribution in [0.3, 0.4) is 0 Å². The van der Waals surface area contributed by atoms with Gasteiger partial charge in [-0.1, -0.05) is 6.07 Å². The van der Waals surface area contributed by atoms with E-state index in [0.29, 0.717) is 23.5 Å². The molecule has 0 amide bonds. The topological polar surface area (TPSA) is 97.0 Å². The smallest absolute Gasteiger partial charge is 0.383 e. The Balaban J connectivity index is 1.59. The molecule has 1 saturated carbocycles.